The van der Waals surface area contributed by atoms with Crippen molar-refractivity contribution in [2.75, 3.05) is 11.9 Å². The van der Waals surface area contributed by atoms with Crippen molar-refractivity contribution in [2.45, 2.75) is 25.8 Å². The monoisotopic (exact) mass is 350 g/mol. The lowest BCUT2D eigenvalue weighted by atomic mass is 10.2. The number of nitrogens with zero attached hydrogens (tertiary/aromatic N) is 5. The van der Waals surface area contributed by atoms with Gasteiger partial charge in [-0.2, -0.15) is 10.1 Å². The maximum Gasteiger partial charge on any atom is 0.218 e. The van der Waals surface area contributed by atoms with Crippen molar-refractivity contribution in [3.05, 3.63) is 59.9 Å². The Bertz CT molecular complexity index is 879. The van der Waals surface area contributed by atoms with Crippen LogP contribution < -0.4 is 10.1 Å². The van der Waals surface area contributed by atoms with Crippen LogP contribution in [0.15, 0.2) is 42.9 Å². The molecule has 3 aromatic heterocycles. The van der Waals surface area contributed by atoms with Gasteiger partial charge in [0.25, 0.3) is 0 Å². The molecule has 1 fully saturated rings. The van der Waals surface area contributed by atoms with E-state index in [1.165, 1.54) is 0 Å². The molecule has 2 unspecified atom stereocenters. The second-order valence-corrected chi connectivity index (χ2v) is 6.68. The first-order chi connectivity index (χ1) is 12.7. The van der Waals surface area contributed by atoms with E-state index in [4.69, 9.17) is 4.74 Å². The molecule has 4 rings (SSSR count). The van der Waals surface area contributed by atoms with Gasteiger partial charge in [0.2, 0.25) is 5.88 Å². The van der Waals surface area contributed by atoms with Crippen molar-refractivity contribution in [1.82, 2.24) is 24.7 Å². The molecular weight excluding hydrogens is 328 g/mol. The summed E-state index contributed by atoms with van der Waals surface area (Å²) >= 11 is 0. The Morgan fingerprint density at radius 3 is 3.00 bits per heavy atom. The van der Waals surface area contributed by atoms with E-state index in [-0.39, 0.29) is 0 Å². The quantitative estimate of drug-likeness (QED) is 0.706. The van der Waals surface area contributed by atoms with Crippen LogP contribution in [-0.4, -0.2) is 31.3 Å². The predicted molar refractivity (Wildman–Crippen MR) is 97.9 cm³/mol. The van der Waals surface area contributed by atoms with Crippen LogP contribution in [0.25, 0.3) is 0 Å². The van der Waals surface area contributed by atoms with Gasteiger partial charge in [-0.25, -0.2) is 4.98 Å². The van der Waals surface area contributed by atoms with Crippen LogP contribution in [0.4, 0.5) is 5.82 Å². The van der Waals surface area contributed by atoms with Gasteiger partial charge in [-0.15, -0.1) is 0 Å². The minimum absolute atomic E-state index is 0.502. The van der Waals surface area contributed by atoms with Gasteiger partial charge in [0, 0.05) is 55.1 Å². The molecule has 0 radical (unpaired) electrons. The zero-order chi connectivity index (χ0) is 17.9. The summed E-state index contributed by atoms with van der Waals surface area (Å²) in [4.78, 5) is 13.2. The van der Waals surface area contributed by atoms with E-state index < -0.39 is 0 Å². The molecule has 0 aliphatic heterocycles. The van der Waals surface area contributed by atoms with Crippen molar-refractivity contribution in [3.8, 4) is 5.88 Å². The van der Waals surface area contributed by atoms with E-state index in [2.05, 4.69) is 31.4 Å². The summed E-state index contributed by atoms with van der Waals surface area (Å²) in [6.45, 7) is 3.18. The largest absolute Gasteiger partial charge is 0.477 e. The fourth-order valence-corrected chi connectivity index (χ4v) is 3.04. The Hall–Kier alpha value is -2.96. The van der Waals surface area contributed by atoms with Gasteiger partial charge in [0.15, 0.2) is 0 Å². The first-order valence-electron chi connectivity index (χ1n) is 8.78. The summed E-state index contributed by atoms with van der Waals surface area (Å²) in [7, 11) is 1.90. The van der Waals surface area contributed by atoms with Crippen LogP contribution in [0.1, 0.15) is 29.4 Å². The van der Waals surface area contributed by atoms with E-state index >= 15 is 0 Å². The molecule has 134 valence electrons. The van der Waals surface area contributed by atoms with Gasteiger partial charge in [-0.1, -0.05) is 6.07 Å². The molecule has 26 heavy (non-hydrogen) atoms. The minimum atomic E-state index is 0.502. The molecule has 1 saturated carbocycles. The number of aryl methyl sites for hydroxylation is 2. The molecule has 3 aromatic rings. The van der Waals surface area contributed by atoms with Crippen molar-refractivity contribution in [1.29, 1.82) is 0 Å². The molecule has 0 spiro atoms. The van der Waals surface area contributed by atoms with Gasteiger partial charge in [-0.3, -0.25) is 9.67 Å². The fraction of sp³-hybridized carbons (Fsp3) is 0.368. The van der Waals surface area contributed by atoms with Crippen LogP contribution in [0.3, 0.4) is 0 Å². The summed E-state index contributed by atoms with van der Waals surface area (Å²) < 4.78 is 7.71. The number of ether oxygens (including phenoxy) is 1. The van der Waals surface area contributed by atoms with Crippen molar-refractivity contribution >= 4 is 5.82 Å². The van der Waals surface area contributed by atoms with Crippen molar-refractivity contribution in [3.63, 3.8) is 0 Å². The Morgan fingerprint density at radius 2 is 2.23 bits per heavy atom. The molecular formula is C19H22N6O. The average Bonchev–Trinajstić information content (AvgIpc) is 3.31. The highest BCUT2D eigenvalue weighted by atomic mass is 16.5. The molecule has 0 bridgehead atoms. The molecule has 0 amide bonds. The number of pyridine rings is 1. The van der Waals surface area contributed by atoms with Crippen LogP contribution in [0.5, 0.6) is 5.88 Å². The lowest BCUT2D eigenvalue weighted by Crippen LogP contribution is -2.07. The van der Waals surface area contributed by atoms with Crippen molar-refractivity contribution < 1.29 is 4.74 Å². The SMILES string of the molecule is Cc1nc(NCc2cnn(C)c2)cc(OCC2CC2c2ccccn2)n1. The fourth-order valence-electron chi connectivity index (χ4n) is 3.04. The average molecular weight is 350 g/mol. The second kappa shape index (κ2) is 7.11. The Balaban J connectivity index is 1.33. The topological polar surface area (TPSA) is 77.8 Å². The van der Waals surface area contributed by atoms with E-state index in [1.54, 1.807) is 4.68 Å². The maximum absolute atomic E-state index is 5.92. The Labute approximate surface area is 152 Å². The zero-order valence-electron chi connectivity index (χ0n) is 15.0. The van der Waals surface area contributed by atoms with Crippen molar-refractivity contribution in [2.24, 2.45) is 13.0 Å². The molecule has 7 heteroatoms. The first kappa shape index (κ1) is 16.5. The second-order valence-electron chi connectivity index (χ2n) is 6.68. The number of anilines is 1. The lowest BCUT2D eigenvalue weighted by Gasteiger charge is -2.09. The van der Waals surface area contributed by atoms with E-state index in [1.807, 2.05) is 50.8 Å². The smallest absolute Gasteiger partial charge is 0.218 e. The minimum Gasteiger partial charge on any atom is -0.477 e. The maximum atomic E-state index is 5.92. The summed E-state index contributed by atoms with van der Waals surface area (Å²) in [5.74, 6) is 3.06. The third kappa shape index (κ3) is 3.99. The van der Waals surface area contributed by atoms with E-state index in [0.29, 0.717) is 36.7 Å². The number of rotatable bonds is 7. The highest BCUT2D eigenvalue weighted by Gasteiger charge is 2.39. The molecule has 1 N–H and O–H groups in total. The molecule has 1 aliphatic rings. The summed E-state index contributed by atoms with van der Waals surface area (Å²) in [5, 5.41) is 7.46. The summed E-state index contributed by atoms with van der Waals surface area (Å²) in [6, 6.07) is 7.91. The Kier molecular flexibility index (Phi) is 4.51. The lowest BCUT2D eigenvalue weighted by molar-refractivity contribution is 0.284. The molecule has 1 aliphatic carbocycles. The van der Waals surface area contributed by atoms with E-state index in [9.17, 15) is 0 Å². The van der Waals surface area contributed by atoms with Gasteiger partial charge in [0.1, 0.15) is 11.6 Å². The zero-order valence-corrected chi connectivity index (χ0v) is 15.0. The normalized spacial score (nSPS) is 18.5. The van der Waals surface area contributed by atoms with Crippen LogP contribution in [0, 0.1) is 12.8 Å². The van der Waals surface area contributed by atoms with Gasteiger partial charge in [0.05, 0.1) is 12.8 Å². The van der Waals surface area contributed by atoms with Gasteiger partial charge < -0.3 is 10.1 Å². The number of aromatic nitrogens is 5. The van der Waals surface area contributed by atoms with E-state index in [0.717, 1.165) is 23.5 Å². The molecule has 2 atom stereocenters. The van der Waals surface area contributed by atoms with Crippen LogP contribution in [-0.2, 0) is 13.6 Å². The molecule has 3 heterocycles. The highest BCUT2D eigenvalue weighted by Crippen LogP contribution is 2.46. The van der Waals surface area contributed by atoms with Gasteiger partial charge in [-0.05, 0) is 25.5 Å². The third-order valence-corrected chi connectivity index (χ3v) is 4.48. The number of nitrogens with one attached hydrogen (secondary N) is 1. The first-order valence-corrected chi connectivity index (χ1v) is 8.78. The number of hydrogen-bond acceptors (Lipinski definition) is 6. The van der Waals surface area contributed by atoms with Crippen LogP contribution in [0.2, 0.25) is 0 Å². The number of hydrogen-bond donors (Lipinski definition) is 1. The summed E-state index contributed by atoms with van der Waals surface area (Å²) in [6.07, 6.45) is 6.78. The highest BCUT2D eigenvalue weighted by molar-refractivity contribution is 5.39. The standard InChI is InChI=1S/C19H22N6O/c1-13-23-18(21-9-14-10-22-25(2)11-14)8-19(24-13)26-12-15-7-16(15)17-5-3-4-6-20-17/h3-6,8,10-11,15-16H,7,9,12H2,1-2H3,(H,21,23,24). The third-order valence-electron chi connectivity index (χ3n) is 4.48. The van der Waals surface area contributed by atoms with Crippen LogP contribution >= 0.6 is 0 Å². The molecule has 0 aromatic carbocycles. The molecule has 7 nitrogen and oxygen atoms in total. The summed E-state index contributed by atoms with van der Waals surface area (Å²) in [5.41, 5.74) is 2.25. The predicted octanol–water partition coefficient (Wildman–Crippen LogP) is 2.71. The van der Waals surface area contributed by atoms with Gasteiger partial charge >= 0.3 is 0 Å². The molecule has 0 saturated heterocycles. The Morgan fingerprint density at radius 1 is 1.31 bits per heavy atom.